The standard InChI is InChI=1S/C21H29N3O4S/c1-4-27-17-10-9-16(12-18(17)28-5-2)21(26)23-13-19(25)22-11-7-6-8-20-24-15(3)14-29-20/h9-10,12,14H,4-8,11,13H2,1-3H3,(H,22,25)(H,23,26). The number of rotatable bonds is 12. The topological polar surface area (TPSA) is 89.5 Å². The van der Waals surface area contributed by atoms with Crippen LogP contribution in [0.15, 0.2) is 23.6 Å². The largest absolute Gasteiger partial charge is 0.490 e. The van der Waals surface area contributed by atoms with Gasteiger partial charge in [0.25, 0.3) is 5.91 Å². The Bertz CT molecular complexity index is 807. The van der Waals surface area contributed by atoms with Gasteiger partial charge in [0.2, 0.25) is 5.91 Å². The number of nitrogens with one attached hydrogen (secondary N) is 2. The van der Waals surface area contributed by atoms with E-state index in [0.717, 1.165) is 30.0 Å². The second kappa shape index (κ2) is 12.1. The molecule has 0 bridgehead atoms. The first-order chi connectivity index (χ1) is 14.0. The van der Waals surface area contributed by atoms with E-state index in [1.165, 1.54) is 0 Å². The average Bonchev–Trinajstić information content (AvgIpc) is 3.12. The Morgan fingerprint density at radius 2 is 1.83 bits per heavy atom. The molecule has 1 aromatic heterocycles. The first kappa shape index (κ1) is 22.7. The molecular weight excluding hydrogens is 390 g/mol. The van der Waals surface area contributed by atoms with Crippen molar-refractivity contribution in [3.8, 4) is 11.5 Å². The molecule has 2 N–H and O–H groups in total. The van der Waals surface area contributed by atoms with Crippen LogP contribution in [0.3, 0.4) is 0 Å². The van der Waals surface area contributed by atoms with Crippen molar-refractivity contribution in [2.75, 3.05) is 26.3 Å². The van der Waals surface area contributed by atoms with E-state index >= 15 is 0 Å². The van der Waals surface area contributed by atoms with E-state index < -0.39 is 0 Å². The number of hydrogen-bond donors (Lipinski definition) is 2. The Morgan fingerprint density at radius 3 is 2.52 bits per heavy atom. The molecule has 0 aliphatic carbocycles. The van der Waals surface area contributed by atoms with Crippen LogP contribution in [0.25, 0.3) is 0 Å². The van der Waals surface area contributed by atoms with E-state index in [1.54, 1.807) is 29.5 Å². The van der Waals surface area contributed by atoms with Gasteiger partial charge in [0, 0.05) is 23.2 Å². The summed E-state index contributed by atoms with van der Waals surface area (Å²) in [5.74, 6) is 0.570. The Labute approximate surface area is 175 Å². The van der Waals surface area contributed by atoms with Crippen molar-refractivity contribution in [3.63, 3.8) is 0 Å². The van der Waals surface area contributed by atoms with Gasteiger partial charge in [-0.3, -0.25) is 9.59 Å². The molecule has 0 saturated carbocycles. The maximum atomic E-state index is 12.3. The lowest BCUT2D eigenvalue weighted by atomic mass is 10.2. The number of thiazole rings is 1. The number of carbonyl (C=O) groups is 2. The van der Waals surface area contributed by atoms with Gasteiger partial charge in [-0.1, -0.05) is 0 Å². The number of unbranched alkanes of at least 4 members (excludes halogenated alkanes) is 1. The van der Waals surface area contributed by atoms with Crippen LogP contribution >= 0.6 is 11.3 Å². The number of benzene rings is 1. The van der Waals surface area contributed by atoms with Crippen LogP contribution in [0.4, 0.5) is 0 Å². The molecule has 0 atom stereocenters. The van der Waals surface area contributed by atoms with Crippen LogP contribution in [-0.2, 0) is 11.2 Å². The van der Waals surface area contributed by atoms with Crippen molar-refractivity contribution in [2.24, 2.45) is 0 Å². The maximum absolute atomic E-state index is 12.3. The van der Waals surface area contributed by atoms with E-state index in [4.69, 9.17) is 9.47 Å². The lowest BCUT2D eigenvalue weighted by molar-refractivity contribution is -0.120. The lowest BCUT2D eigenvalue weighted by Crippen LogP contribution is -2.37. The molecule has 158 valence electrons. The van der Waals surface area contributed by atoms with Crippen molar-refractivity contribution in [3.05, 3.63) is 39.8 Å². The lowest BCUT2D eigenvalue weighted by Gasteiger charge is -2.12. The molecule has 29 heavy (non-hydrogen) atoms. The van der Waals surface area contributed by atoms with Crippen molar-refractivity contribution >= 4 is 23.2 Å². The third kappa shape index (κ3) is 7.73. The van der Waals surface area contributed by atoms with Gasteiger partial charge in [-0.05, 0) is 58.2 Å². The summed E-state index contributed by atoms with van der Waals surface area (Å²) < 4.78 is 11.0. The third-order valence-electron chi connectivity index (χ3n) is 4.02. The summed E-state index contributed by atoms with van der Waals surface area (Å²) in [5, 5.41) is 8.63. The number of ether oxygens (including phenoxy) is 2. The molecule has 1 aromatic carbocycles. The zero-order valence-corrected chi connectivity index (χ0v) is 18.1. The van der Waals surface area contributed by atoms with Crippen molar-refractivity contribution in [1.29, 1.82) is 0 Å². The Hall–Kier alpha value is -2.61. The molecule has 8 heteroatoms. The van der Waals surface area contributed by atoms with Crippen LogP contribution in [-0.4, -0.2) is 43.1 Å². The van der Waals surface area contributed by atoms with Crippen LogP contribution in [0, 0.1) is 6.92 Å². The quantitative estimate of drug-likeness (QED) is 0.516. The Kier molecular flexibility index (Phi) is 9.43. The first-order valence-electron chi connectivity index (χ1n) is 9.89. The molecule has 0 radical (unpaired) electrons. The summed E-state index contributed by atoms with van der Waals surface area (Å²) in [7, 11) is 0. The normalized spacial score (nSPS) is 10.4. The number of aromatic nitrogens is 1. The van der Waals surface area contributed by atoms with Gasteiger partial charge in [-0.2, -0.15) is 0 Å². The predicted molar refractivity (Wildman–Crippen MR) is 114 cm³/mol. The molecule has 0 aliphatic heterocycles. The number of hydrogen-bond acceptors (Lipinski definition) is 6. The fourth-order valence-electron chi connectivity index (χ4n) is 2.66. The van der Waals surface area contributed by atoms with Gasteiger partial charge < -0.3 is 20.1 Å². The molecule has 0 saturated heterocycles. The fraction of sp³-hybridized carbons (Fsp3) is 0.476. The molecule has 0 fully saturated rings. The summed E-state index contributed by atoms with van der Waals surface area (Å²) in [6.07, 6.45) is 2.76. The predicted octanol–water partition coefficient (Wildman–Crippen LogP) is 3.12. The number of carbonyl (C=O) groups excluding carboxylic acids is 2. The molecule has 0 unspecified atom stereocenters. The van der Waals surface area contributed by atoms with Crippen molar-refractivity contribution in [2.45, 2.75) is 40.0 Å². The first-order valence-corrected chi connectivity index (χ1v) is 10.8. The fourth-order valence-corrected chi connectivity index (χ4v) is 3.48. The Balaban J connectivity index is 1.70. The van der Waals surface area contributed by atoms with Crippen molar-refractivity contribution < 1.29 is 19.1 Å². The van der Waals surface area contributed by atoms with Crippen LogP contribution in [0.2, 0.25) is 0 Å². The minimum atomic E-state index is -0.330. The van der Waals surface area contributed by atoms with Gasteiger partial charge in [0.05, 0.1) is 24.8 Å². The molecule has 0 aliphatic rings. The minimum absolute atomic E-state index is 0.0678. The van der Waals surface area contributed by atoms with Gasteiger partial charge in [0.1, 0.15) is 0 Å². The number of amides is 2. The molecule has 2 aromatic rings. The zero-order valence-electron chi connectivity index (χ0n) is 17.2. The number of aryl methyl sites for hydroxylation is 2. The highest BCUT2D eigenvalue weighted by Gasteiger charge is 2.12. The molecule has 1 heterocycles. The van der Waals surface area contributed by atoms with Crippen molar-refractivity contribution in [1.82, 2.24) is 15.6 Å². The molecule has 2 rings (SSSR count). The second-order valence-electron chi connectivity index (χ2n) is 6.40. The average molecular weight is 420 g/mol. The van der Waals surface area contributed by atoms with E-state index in [0.29, 0.717) is 36.8 Å². The SMILES string of the molecule is CCOc1ccc(C(=O)NCC(=O)NCCCCc2nc(C)cs2)cc1OCC. The summed E-state index contributed by atoms with van der Waals surface area (Å²) in [4.78, 5) is 28.7. The van der Waals surface area contributed by atoms with E-state index in [2.05, 4.69) is 15.6 Å². The number of nitrogens with zero attached hydrogens (tertiary/aromatic N) is 1. The highest BCUT2D eigenvalue weighted by Crippen LogP contribution is 2.28. The summed E-state index contributed by atoms with van der Waals surface area (Å²) >= 11 is 1.67. The highest BCUT2D eigenvalue weighted by atomic mass is 32.1. The molecule has 0 spiro atoms. The highest BCUT2D eigenvalue weighted by molar-refractivity contribution is 7.09. The third-order valence-corrected chi connectivity index (χ3v) is 5.05. The second-order valence-corrected chi connectivity index (χ2v) is 7.34. The Morgan fingerprint density at radius 1 is 1.07 bits per heavy atom. The molecule has 2 amide bonds. The van der Waals surface area contributed by atoms with Gasteiger partial charge >= 0.3 is 0 Å². The molecule has 7 nitrogen and oxygen atoms in total. The van der Waals surface area contributed by atoms with Crippen LogP contribution in [0.5, 0.6) is 11.5 Å². The maximum Gasteiger partial charge on any atom is 0.251 e. The van der Waals surface area contributed by atoms with E-state index in [-0.39, 0.29) is 18.4 Å². The smallest absolute Gasteiger partial charge is 0.251 e. The van der Waals surface area contributed by atoms with Gasteiger partial charge in [0.15, 0.2) is 11.5 Å². The summed E-state index contributed by atoms with van der Waals surface area (Å²) in [6, 6.07) is 4.98. The van der Waals surface area contributed by atoms with Crippen LogP contribution in [0.1, 0.15) is 47.7 Å². The van der Waals surface area contributed by atoms with E-state index in [1.807, 2.05) is 26.2 Å². The van der Waals surface area contributed by atoms with Crippen LogP contribution < -0.4 is 20.1 Å². The summed E-state index contributed by atoms with van der Waals surface area (Å²) in [6.45, 7) is 7.22. The monoisotopic (exact) mass is 419 g/mol. The minimum Gasteiger partial charge on any atom is -0.490 e. The van der Waals surface area contributed by atoms with Gasteiger partial charge in [-0.25, -0.2) is 4.98 Å². The van der Waals surface area contributed by atoms with Gasteiger partial charge in [-0.15, -0.1) is 11.3 Å². The molecular formula is C21H29N3O4S. The summed E-state index contributed by atoms with van der Waals surface area (Å²) in [5.41, 5.74) is 1.47. The zero-order chi connectivity index (χ0) is 21.1. The van der Waals surface area contributed by atoms with E-state index in [9.17, 15) is 9.59 Å².